The van der Waals surface area contributed by atoms with Crippen LogP contribution in [0.3, 0.4) is 0 Å². The van der Waals surface area contributed by atoms with Gasteiger partial charge in [-0.1, -0.05) is 110 Å². The van der Waals surface area contributed by atoms with Gasteiger partial charge in [0.1, 0.15) is 17.8 Å². The topological polar surface area (TPSA) is 69.7 Å². The van der Waals surface area contributed by atoms with Gasteiger partial charge in [0.15, 0.2) is 0 Å². The lowest BCUT2D eigenvalue weighted by Gasteiger charge is -2.61. The third kappa shape index (κ3) is 14.1. The predicted molar refractivity (Wildman–Crippen MR) is 213 cm³/mol. The van der Waals surface area contributed by atoms with E-state index in [0.29, 0.717) is 6.42 Å². The fourth-order valence-corrected chi connectivity index (χ4v) is 9.92. The van der Waals surface area contributed by atoms with E-state index in [0.717, 1.165) is 83.8 Å². The number of rotatable bonds is 26. The fourth-order valence-electron chi connectivity index (χ4n) is 9.92. The molecule has 52 heavy (non-hydrogen) atoms. The summed E-state index contributed by atoms with van der Waals surface area (Å²) < 4.78 is 6.06. The van der Waals surface area contributed by atoms with Crippen molar-refractivity contribution < 1.29 is 29.0 Å². The Morgan fingerprint density at radius 2 is 1.00 bits per heavy atom. The van der Waals surface area contributed by atoms with E-state index in [1.807, 2.05) is 0 Å². The number of carbonyl (C=O) groups is 1. The molecule has 3 fully saturated rings. The zero-order valence-corrected chi connectivity index (χ0v) is 35.9. The van der Waals surface area contributed by atoms with Crippen LogP contribution in [0.2, 0.25) is 0 Å². The van der Waals surface area contributed by atoms with Crippen LogP contribution in [0.5, 0.6) is 0 Å². The number of hydrogen-bond acceptors (Lipinski definition) is 8. The molecule has 3 rings (SSSR count). The van der Waals surface area contributed by atoms with Crippen LogP contribution in [0.4, 0.5) is 0 Å². The molecular formula is C44H84N2O6. The standard InChI is InChI=1S/C44H84N2O6/c1-11-13-15-17-23-27-31-48-45-40(3,4)33-37(34-41(45,5)6)50-39(47)30-26-22-20-19-21-25-29-38-44(52-51-38)35-42(7,8)46(43(9,10)36-44)49-32-28-24-18-16-14-12-2/h37-38H,11-36H2,1-10H3. The van der Waals surface area contributed by atoms with E-state index in [-0.39, 0.29) is 45.9 Å². The van der Waals surface area contributed by atoms with Gasteiger partial charge < -0.3 is 4.74 Å². The second-order valence-corrected chi connectivity index (χ2v) is 19.3. The predicted octanol–water partition coefficient (Wildman–Crippen LogP) is 12.0. The van der Waals surface area contributed by atoms with Gasteiger partial charge in [-0.3, -0.25) is 14.5 Å². The first-order valence-electron chi connectivity index (χ1n) is 22.0. The Bertz CT molecular complexity index is 977. The van der Waals surface area contributed by atoms with Crippen molar-refractivity contribution in [2.24, 2.45) is 0 Å². The average molecular weight is 737 g/mol. The smallest absolute Gasteiger partial charge is 0.306 e. The molecule has 1 spiro atoms. The average Bonchev–Trinajstić information content (AvgIpc) is 3.03. The van der Waals surface area contributed by atoms with Crippen LogP contribution in [0.25, 0.3) is 0 Å². The van der Waals surface area contributed by atoms with Crippen LogP contribution in [0, 0.1) is 0 Å². The molecule has 1 unspecified atom stereocenters. The summed E-state index contributed by atoms with van der Waals surface area (Å²) >= 11 is 0. The first kappa shape index (κ1) is 45.6. The third-order valence-electron chi connectivity index (χ3n) is 11.9. The third-order valence-corrected chi connectivity index (χ3v) is 11.9. The van der Waals surface area contributed by atoms with Crippen LogP contribution in [-0.2, 0) is 29.0 Å². The van der Waals surface area contributed by atoms with Crippen molar-refractivity contribution in [3.05, 3.63) is 0 Å². The molecule has 3 aliphatic rings. The first-order chi connectivity index (χ1) is 24.6. The van der Waals surface area contributed by atoms with Crippen LogP contribution < -0.4 is 0 Å². The van der Waals surface area contributed by atoms with Crippen LogP contribution in [0.15, 0.2) is 0 Å². The molecule has 8 nitrogen and oxygen atoms in total. The van der Waals surface area contributed by atoms with Crippen LogP contribution in [0.1, 0.15) is 223 Å². The normalized spacial score (nSPS) is 23.8. The molecule has 306 valence electrons. The lowest BCUT2D eigenvalue weighted by molar-refractivity contribution is -0.531. The maximum Gasteiger partial charge on any atom is 0.306 e. The van der Waals surface area contributed by atoms with Crippen molar-refractivity contribution >= 4 is 5.97 Å². The number of hydrogen-bond donors (Lipinski definition) is 0. The molecule has 0 radical (unpaired) electrons. The van der Waals surface area contributed by atoms with Crippen molar-refractivity contribution in [1.82, 2.24) is 10.1 Å². The van der Waals surface area contributed by atoms with E-state index in [4.69, 9.17) is 24.2 Å². The Kier molecular flexibility index (Phi) is 18.9. The molecule has 0 amide bonds. The molecule has 3 saturated heterocycles. The molecule has 0 aromatic heterocycles. The summed E-state index contributed by atoms with van der Waals surface area (Å²) in [5, 5.41) is 4.46. The lowest BCUT2D eigenvalue weighted by atomic mass is 9.68. The van der Waals surface area contributed by atoms with Gasteiger partial charge in [-0.15, -0.1) is 0 Å². The summed E-state index contributed by atoms with van der Waals surface area (Å²) in [6, 6.07) is 0. The van der Waals surface area contributed by atoms with Gasteiger partial charge in [-0.2, -0.15) is 10.1 Å². The highest BCUT2D eigenvalue weighted by molar-refractivity contribution is 5.69. The summed E-state index contributed by atoms with van der Waals surface area (Å²) in [6.07, 6.45) is 26.9. The van der Waals surface area contributed by atoms with Gasteiger partial charge >= 0.3 is 5.97 Å². The molecule has 0 N–H and O–H groups in total. The molecule has 0 aromatic carbocycles. The Morgan fingerprint density at radius 1 is 0.577 bits per heavy atom. The molecule has 1 atom stereocenters. The van der Waals surface area contributed by atoms with E-state index in [1.54, 1.807) is 0 Å². The lowest BCUT2D eigenvalue weighted by Crippen LogP contribution is -2.72. The van der Waals surface area contributed by atoms with E-state index < -0.39 is 0 Å². The van der Waals surface area contributed by atoms with Gasteiger partial charge in [0, 0.05) is 54.3 Å². The fraction of sp³-hybridized carbons (Fsp3) is 0.977. The van der Waals surface area contributed by atoms with Crippen molar-refractivity contribution in [2.45, 2.75) is 263 Å². The van der Waals surface area contributed by atoms with Gasteiger partial charge in [0.25, 0.3) is 0 Å². The van der Waals surface area contributed by atoms with Crippen molar-refractivity contribution in [3.8, 4) is 0 Å². The van der Waals surface area contributed by atoms with E-state index in [1.165, 1.54) is 77.0 Å². The Labute approximate surface area is 321 Å². The second kappa shape index (κ2) is 21.5. The minimum absolute atomic E-state index is 0.0461. The van der Waals surface area contributed by atoms with Crippen molar-refractivity contribution in [1.29, 1.82) is 0 Å². The summed E-state index contributed by atoms with van der Waals surface area (Å²) in [5.41, 5.74) is -0.849. The van der Waals surface area contributed by atoms with Crippen LogP contribution >= 0.6 is 0 Å². The van der Waals surface area contributed by atoms with Crippen LogP contribution in [-0.4, -0.2) is 69.3 Å². The zero-order chi connectivity index (χ0) is 38.3. The minimum atomic E-state index is -0.227. The number of nitrogens with zero attached hydrogens (tertiary/aromatic N) is 2. The van der Waals surface area contributed by atoms with Gasteiger partial charge in [0.05, 0.1) is 13.2 Å². The zero-order valence-electron chi connectivity index (χ0n) is 35.9. The quantitative estimate of drug-likeness (QED) is 0.0494. The summed E-state index contributed by atoms with van der Waals surface area (Å²) in [6.45, 7) is 24.1. The highest BCUT2D eigenvalue weighted by Gasteiger charge is 2.62. The summed E-state index contributed by atoms with van der Waals surface area (Å²) in [7, 11) is 0. The molecule has 3 heterocycles. The van der Waals surface area contributed by atoms with Gasteiger partial charge in [0.2, 0.25) is 0 Å². The SMILES string of the molecule is CCCCCCCCON1C(C)(C)CC(OC(=O)CCCCCCCCC2OOC23CC(C)(C)N(OCCCCCCCC)C(C)(C)C3)CC1(C)C. The number of piperidine rings is 2. The molecule has 0 saturated carbocycles. The van der Waals surface area contributed by atoms with Gasteiger partial charge in [-0.05, 0) is 81.1 Å². The second-order valence-electron chi connectivity index (χ2n) is 19.3. The molecular weight excluding hydrogens is 652 g/mol. The Hall–Kier alpha value is -0.770. The van der Waals surface area contributed by atoms with E-state index in [9.17, 15) is 4.79 Å². The summed E-state index contributed by atoms with van der Waals surface area (Å²) in [4.78, 5) is 37.4. The number of ether oxygens (including phenoxy) is 1. The summed E-state index contributed by atoms with van der Waals surface area (Å²) in [5.74, 6) is -0.0461. The molecule has 0 bridgehead atoms. The Morgan fingerprint density at radius 3 is 1.46 bits per heavy atom. The van der Waals surface area contributed by atoms with E-state index in [2.05, 4.69) is 79.4 Å². The van der Waals surface area contributed by atoms with Crippen molar-refractivity contribution in [3.63, 3.8) is 0 Å². The first-order valence-corrected chi connectivity index (χ1v) is 22.0. The molecule has 8 heteroatoms. The van der Waals surface area contributed by atoms with Crippen molar-refractivity contribution in [2.75, 3.05) is 13.2 Å². The molecule has 0 aliphatic carbocycles. The number of esters is 1. The Balaban J connectivity index is 1.27. The number of unbranched alkanes of at least 4 members (excludes halogenated alkanes) is 15. The van der Waals surface area contributed by atoms with E-state index >= 15 is 0 Å². The highest BCUT2D eigenvalue weighted by Crippen LogP contribution is 2.52. The maximum absolute atomic E-state index is 12.8. The molecule has 0 aromatic rings. The molecule has 3 aliphatic heterocycles. The maximum atomic E-state index is 12.8. The highest BCUT2D eigenvalue weighted by atomic mass is 17.3. The van der Waals surface area contributed by atoms with Gasteiger partial charge in [-0.25, -0.2) is 9.78 Å². The minimum Gasteiger partial charge on any atom is -0.462 e. The number of hydroxylamine groups is 4. The number of carbonyl (C=O) groups excluding carboxylic acids is 1. The largest absolute Gasteiger partial charge is 0.462 e. The monoisotopic (exact) mass is 737 g/mol.